The number of halogens is 2. The fraction of sp³-hybridized carbons (Fsp3) is 0.385. The zero-order valence-corrected chi connectivity index (χ0v) is 20.9. The van der Waals surface area contributed by atoms with E-state index in [1.165, 1.54) is 6.07 Å². The number of carbonyl (C=O) groups excluding carboxylic acids is 4. The van der Waals surface area contributed by atoms with Crippen molar-refractivity contribution in [3.8, 4) is 11.5 Å². The first-order chi connectivity index (χ1) is 16.6. The van der Waals surface area contributed by atoms with Crippen LogP contribution in [0.25, 0.3) is 0 Å². The zero-order valence-electron chi connectivity index (χ0n) is 19.4. The van der Waals surface area contributed by atoms with E-state index in [0.29, 0.717) is 21.4 Å². The Morgan fingerprint density at radius 1 is 0.971 bits per heavy atom. The van der Waals surface area contributed by atoms with Crippen molar-refractivity contribution in [2.45, 2.75) is 58.7 Å². The molecule has 1 heterocycles. The van der Waals surface area contributed by atoms with Crippen molar-refractivity contribution >= 4 is 46.5 Å². The summed E-state index contributed by atoms with van der Waals surface area (Å²) in [6.45, 7) is 3.59. The van der Waals surface area contributed by atoms with E-state index in [9.17, 15) is 24.3 Å². The number of ketones is 3. The highest BCUT2D eigenvalue weighted by molar-refractivity contribution is 6.63. The molecule has 2 atom stereocenters. The van der Waals surface area contributed by atoms with E-state index < -0.39 is 29.4 Å². The summed E-state index contributed by atoms with van der Waals surface area (Å²) in [6.07, 6.45) is -0.164. The topological polar surface area (TPSA) is 107 Å². The molecule has 186 valence electrons. The molecule has 7 nitrogen and oxygen atoms in total. The molecule has 0 aromatic heterocycles. The average Bonchev–Trinajstić information content (AvgIpc) is 2.81. The lowest BCUT2D eigenvalue weighted by molar-refractivity contribution is -0.144. The van der Waals surface area contributed by atoms with Crippen molar-refractivity contribution in [1.29, 1.82) is 0 Å². The van der Waals surface area contributed by atoms with Crippen molar-refractivity contribution in [2.24, 2.45) is 5.92 Å². The van der Waals surface area contributed by atoms with Gasteiger partial charge in [0.15, 0.2) is 0 Å². The van der Waals surface area contributed by atoms with Crippen molar-refractivity contribution in [3.05, 3.63) is 57.1 Å². The molecule has 2 aromatic rings. The van der Waals surface area contributed by atoms with Gasteiger partial charge in [-0.3, -0.25) is 14.4 Å². The minimum Gasteiger partial charge on any atom is -0.507 e. The molecule has 1 aliphatic rings. The third-order valence-corrected chi connectivity index (χ3v) is 6.78. The van der Waals surface area contributed by atoms with Crippen LogP contribution in [0.15, 0.2) is 30.3 Å². The van der Waals surface area contributed by atoms with Gasteiger partial charge in [-0.15, -0.1) is 0 Å². The van der Waals surface area contributed by atoms with Crippen molar-refractivity contribution in [2.75, 3.05) is 0 Å². The largest absolute Gasteiger partial charge is 0.507 e. The second-order valence-electron chi connectivity index (χ2n) is 8.67. The molecule has 3 rings (SSSR count). The molecule has 0 radical (unpaired) electrons. The molecule has 0 unspecified atom stereocenters. The summed E-state index contributed by atoms with van der Waals surface area (Å²) in [6, 6.07) is 7.96. The number of esters is 1. The molecule has 0 fully saturated rings. The van der Waals surface area contributed by atoms with E-state index in [0.717, 1.165) is 5.56 Å². The van der Waals surface area contributed by atoms with Gasteiger partial charge in [0.05, 0.1) is 10.0 Å². The number of Topliss-reactive ketones (excluding diaryl/α,β-unsaturated/α-hetero) is 3. The zero-order chi connectivity index (χ0) is 25.7. The van der Waals surface area contributed by atoms with Crippen LogP contribution >= 0.6 is 23.2 Å². The summed E-state index contributed by atoms with van der Waals surface area (Å²) in [5.74, 6) is -3.46. The van der Waals surface area contributed by atoms with Crippen molar-refractivity contribution in [3.63, 3.8) is 0 Å². The maximum absolute atomic E-state index is 13.0. The van der Waals surface area contributed by atoms with Crippen LogP contribution in [0, 0.1) is 5.92 Å². The number of hydrogen-bond acceptors (Lipinski definition) is 7. The van der Waals surface area contributed by atoms with Crippen LogP contribution in [0.2, 0.25) is 10.0 Å². The summed E-state index contributed by atoms with van der Waals surface area (Å²) in [5.41, 5.74) is 1.13. The molecule has 0 amide bonds. The Labute approximate surface area is 213 Å². The van der Waals surface area contributed by atoms with Gasteiger partial charge in [-0.05, 0) is 61.4 Å². The summed E-state index contributed by atoms with van der Waals surface area (Å²) in [4.78, 5) is 49.4. The highest BCUT2D eigenvalue weighted by Gasteiger charge is 2.28. The number of ether oxygens (including phenoxy) is 2. The maximum Gasteiger partial charge on any atom is 0.342 e. The third kappa shape index (κ3) is 6.83. The number of fused-ring (bicyclic) bond motifs is 1. The maximum atomic E-state index is 13.0. The predicted octanol–water partition coefficient (Wildman–Crippen LogP) is 5.28. The highest BCUT2D eigenvalue weighted by atomic mass is 35.5. The number of benzene rings is 2. The van der Waals surface area contributed by atoms with Crippen LogP contribution in [-0.2, 0) is 32.1 Å². The second-order valence-corrected chi connectivity index (χ2v) is 9.48. The van der Waals surface area contributed by atoms with Gasteiger partial charge in [0.25, 0.3) is 5.78 Å². The smallest absolute Gasteiger partial charge is 0.342 e. The molecule has 0 bridgehead atoms. The standard InChI is InChI=1S/C26H26Cl2O7/c1-14-6-9-22(30)25(32)21(29)5-3-4-17-11-18(12-23(31)24(17)26(33)35-15(14)2)34-13-16-7-8-19(27)20(28)10-16/h7-8,10-12,14-15,31H,3-6,9,13H2,1-2H3/t14-,15+/m1/s1. The minimum absolute atomic E-state index is 0.0159. The number of phenols is 1. The molecule has 0 saturated carbocycles. The lowest BCUT2D eigenvalue weighted by atomic mass is 9.94. The van der Waals surface area contributed by atoms with Crippen LogP contribution in [0.3, 0.4) is 0 Å². The molecule has 0 saturated heterocycles. The number of hydrogen-bond donors (Lipinski definition) is 1. The number of phenolic OH excluding ortho intramolecular Hbond substituents is 1. The summed E-state index contributed by atoms with van der Waals surface area (Å²) in [5, 5.41) is 11.5. The number of rotatable bonds is 3. The monoisotopic (exact) mass is 520 g/mol. The normalized spacial score (nSPS) is 20.1. The number of carbonyl (C=O) groups is 4. The SMILES string of the molecule is C[C@@H]1CCC(=O)C(=O)C(=O)CCCc2cc(OCc3ccc(Cl)c(Cl)c3)cc(O)c2C(=O)O[C@H]1C. The Hall–Kier alpha value is -2.90. The first-order valence-electron chi connectivity index (χ1n) is 11.3. The molecule has 2 aromatic carbocycles. The summed E-state index contributed by atoms with van der Waals surface area (Å²) < 4.78 is 11.4. The average molecular weight is 521 g/mol. The Morgan fingerprint density at radius 2 is 1.69 bits per heavy atom. The molecular formula is C26H26Cl2O7. The number of cyclic esters (lactones) is 1. The van der Waals surface area contributed by atoms with Crippen molar-refractivity contribution in [1.82, 2.24) is 0 Å². The van der Waals surface area contributed by atoms with E-state index >= 15 is 0 Å². The van der Waals surface area contributed by atoms with E-state index in [4.69, 9.17) is 32.7 Å². The minimum atomic E-state index is -0.999. The van der Waals surface area contributed by atoms with Crippen molar-refractivity contribution < 1.29 is 33.8 Å². The summed E-state index contributed by atoms with van der Waals surface area (Å²) in [7, 11) is 0. The first-order valence-corrected chi connectivity index (χ1v) is 12.1. The lowest BCUT2D eigenvalue weighted by Crippen LogP contribution is -2.27. The van der Waals surface area contributed by atoms with Gasteiger partial charge in [0, 0.05) is 18.9 Å². The Kier molecular flexibility index (Phi) is 8.92. The molecule has 35 heavy (non-hydrogen) atoms. The van der Waals surface area contributed by atoms with Crippen LogP contribution in [0.4, 0.5) is 0 Å². The molecular weight excluding hydrogens is 495 g/mol. The Balaban J connectivity index is 1.88. The van der Waals surface area contributed by atoms with Gasteiger partial charge in [-0.1, -0.05) is 36.2 Å². The van der Waals surface area contributed by atoms with Gasteiger partial charge in [-0.25, -0.2) is 4.79 Å². The van der Waals surface area contributed by atoms with E-state index in [1.807, 2.05) is 0 Å². The van der Waals surface area contributed by atoms with E-state index in [1.54, 1.807) is 38.1 Å². The van der Waals surface area contributed by atoms with Crippen LogP contribution < -0.4 is 4.74 Å². The summed E-state index contributed by atoms with van der Waals surface area (Å²) >= 11 is 12.0. The third-order valence-electron chi connectivity index (χ3n) is 6.04. The van der Waals surface area contributed by atoms with Gasteiger partial charge in [0.2, 0.25) is 11.6 Å². The fourth-order valence-corrected chi connectivity index (χ4v) is 4.05. The highest BCUT2D eigenvalue weighted by Crippen LogP contribution is 2.32. The first kappa shape index (κ1) is 26.7. The molecule has 9 heteroatoms. The van der Waals surface area contributed by atoms with Crippen LogP contribution in [0.1, 0.15) is 61.0 Å². The Morgan fingerprint density at radius 3 is 2.40 bits per heavy atom. The quantitative estimate of drug-likeness (QED) is 0.433. The molecule has 1 aliphatic heterocycles. The van der Waals surface area contributed by atoms with Gasteiger partial charge in [0.1, 0.15) is 29.8 Å². The van der Waals surface area contributed by atoms with Gasteiger partial charge >= 0.3 is 5.97 Å². The predicted molar refractivity (Wildman–Crippen MR) is 130 cm³/mol. The van der Waals surface area contributed by atoms with Gasteiger partial charge < -0.3 is 14.6 Å². The molecule has 1 N–H and O–H groups in total. The van der Waals surface area contributed by atoms with Gasteiger partial charge in [-0.2, -0.15) is 0 Å². The second kappa shape index (κ2) is 11.7. The van der Waals surface area contributed by atoms with Crippen LogP contribution in [-0.4, -0.2) is 34.5 Å². The fourth-order valence-electron chi connectivity index (χ4n) is 3.73. The van der Waals surface area contributed by atoms with Crippen LogP contribution in [0.5, 0.6) is 11.5 Å². The Bertz CT molecular complexity index is 1160. The van der Waals surface area contributed by atoms with E-state index in [2.05, 4.69) is 0 Å². The number of aryl methyl sites for hydroxylation is 1. The molecule has 0 aliphatic carbocycles. The number of aromatic hydroxyl groups is 1. The lowest BCUT2D eigenvalue weighted by Gasteiger charge is -2.22. The molecule has 0 spiro atoms. The van der Waals surface area contributed by atoms with E-state index in [-0.39, 0.29) is 55.9 Å².